The molecular weight excluding hydrogens is 282 g/mol. The number of hydrogen-bond donors (Lipinski definition) is 2. The van der Waals surface area contributed by atoms with Crippen LogP contribution in [0.4, 0.5) is 17.1 Å². The van der Waals surface area contributed by atoms with Crippen LogP contribution in [0.2, 0.25) is 0 Å². The number of aliphatic imine (C=N–C) groups is 1. The first kappa shape index (κ1) is 16.6. The number of anilines is 2. The molecule has 0 bridgehead atoms. The molecule has 2 aromatic carbocycles. The summed E-state index contributed by atoms with van der Waals surface area (Å²) in [4.78, 5) is 4.06. The lowest BCUT2D eigenvalue weighted by Gasteiger charge is -2.11. The first-order valence-electron chi connectivity index (χ1n) is 7.49. The molecule has 3 nitrogen and oxygen atoms in total. The lowest BCUT2D eigenvalue weighted by molar-refractivity contribution is 1.42. The number of nitrogens with two attached hydrogens (primary N) is 1. The molecule has 0 saturated heterocycles. The Morgan fingerprint density at radius 1 is 1.22 bits per heavy atom. The third-order valence-electron chi connectivity index (χ3n) is 3.94. The highest BCUT2D eigenvalue weighted by Gasteiger charge is 2.06. The molecule has 0 fully saturated rings. The number of nitrogens with one attached hydrogen (secondary N) is 1. The number of hydrogen-bond acceptors (Lipinski definition) is 3. The third-order valence-corrected chi connectivity index (χ3v) is 3.94. The van der Waals surface area contributed by atoms with Crippen molar-refractivity contribution >= 4 is 35.4 Å². The zero-order valence-electron chi connectivity index (χ0n) is 14.0. The van der Waals surface area contributed by atoms with Gasteiger partial charge in [-0.05, 0) is 72.7 Å². The van der Waals surface area contributed by atoms with E-state index in [-0.39, 0.29) is 0 Å². The maximum Gasteiger partial charge on any atom is 0.0859 e. The minimum absolute atomic E-state index is 0.761. The maximum atomic E-state index is 5.88. The summed E-state index contributed by atoms with van der Waals surface area (Å²) in [5, 5.41) is 3.10. The van der Waals surface area contributed by atoms with Crippen LogP contribution in [-0.2, 0) is 0 Å². The Balaban J connectivity index is 2.37. The van der Waals surface area contributed by atoms with Gasteiger partial charge in [-0.1, -0.05) is 24.8 Å². The van der Waals surface area contributed by atoms with Crippen molar-refractivity contribution in [1.29, 1.82) is 0 Å². The second kappa shape index (κ2) is 6.97. The minimum Gasteiger partial charge on any atom is -0.399 e. The van der Waals surface area contributed by atoms with Crippen LogP contribution in [0, 0.1) is 6.92 Å². The average Bonchev–Trinajstić information content (AvgIpc) is 2.56. The van der Waals surface area contributed by atoms with Crippen LogP contribution >= 0.6 is 0 Å². The van der Waals surface area contributed by atoms with E-state index in [1.54, 1.807) is 0 Å². The van der Waals surface area contributed by atoms with Gasteiger partial charge in [0.1, 0.15) is 0 Å². The maximum absolute atomic E-state index is 5.88. The van der Waals surface area contributed by atoms with Crippen LogP contribution < -0.4 is 11.1 Å². The SMILES string of the molecule is C=Nc1cc(C(=C)/C(C)=C/c2cc(N)ccc2C)ccc1NC. The summed E-state index contributed by atoms with van der Waals surface area (Å²) < 4.78 is 0. The molecule has 2 aromatic rings. The first-order valence-corrected chi connectivity index (χ1v) is 7.49. The highest BCUT2D eigenvalue weighted by Crippen LogP contribution is 2.31. The van der Waals surface area contributed by atoms with Gasteiger partial charge in [0.2, 0.25) is 0 Å². The van der Waals surface area contributed by atoms with E-state index in [2.05, 4.69) is 43.5 Å². The fourth-order valence-corrected chi connectivity index (χ4v) is 2.42. The van der Waals surface area contributed by atoms with Crippen molar-refractivity contribution in [3.63, 3.8) is 0 Å². The van der Waals surface area contributed by atoms with Crippen molar-refractivity contribution in [3.05, 3.63) is 65.2 Å². The monoisotopic (exact) mass is 305 g/mol. The Bertz CT molecular complexity index is 785. The van der Waals surface area contributed by atoms with E-state index in [0.717, 1.165) is 39.3 Å². The molecule has 3 N–H and O–H groups in total. The molecule has 0 unspecified atom stereocenters. The Morgan fingerprint density at radius 2 is 1.96 bits per heavy atom. The largest absolute Gasteiger partial charge is 0.399 e. The van der Waals surface area contributed by atoms with E-state index in [1.807, 2.05) is 43.4 Å². The van der Waals surface area contributed by atoms with Crippen molar-refractivity contribution in [1.82, 2.24) is 0 Å². The van der Waals surface area contributed by atoms with Crippen LogP contribution in [0.25, 0.3) is 11.6 Å². The predicted molar refractivity (Wildman–Crippen MR) is 103 cm³/mol. The van der Waals surface area contributed by atoms with E-state index in [0.29, 0.717) is 0 Å². The lowest BCUT2D eigenvalue weighted by Crippen LogP contribution is -1.92. The lowest BCUT2D eigenvalue weighted by atomic mass is 9.96. The molecule has 0 heterocycles. The molecule has 0 aliphatic carbocycles. The normalized spacial score (nSPS) is 11.2. The van der Waals surface area contributed by atoms with Gasteiger partial charge in [0.15, 0.2) is 0 Å². The van der Waals surface area contributed by atoms with Crippen LogP contribution in [0.15, 0.2) is 53.5 Å². The summed E-state index contributed by atoms with van der Waals surface area (Å²) in [6.45, 7) is 12.0. The standard InChI is InChI=1S/C20H23N3/c1-13-6-8-18(21)11-17(13)10-14(2)15(3)16-7-9-19(22-4)20(12-16)23-5/h6-12,22H,3,5,21H2,1-2,4H3/b14-10+. The molecule has 0 aliphatic rings. The number of nitrogens with zero attached hydrogens (tertiary/aromatic N) is 1. The van der Waals surface area contributed by atoms with E-state index < -0.39 is 0 Å². The zero-order valence-corrected chi connectivity index (χ0v) is 14.0. The van der Waals surface area contributed by atoms with Crippen molar-refractivity contribution in [2.24, 2.45) is 4.99 Å². The van der Waals surface area contributed by atoms with Gasteiger partial charge in [0.25, 0.3) is 0 Å². The van der Waals surface area contributed by atoms with Crippen LogP contribution in [0.3, 0.4) is 0 Å². The molecule has 3 heteroatoms. The van der Waals surface area contributed by atoms with Gasteiger partial charge in [-0.25, -0.2) is 0 Å². The van der Waals surface area contributed by atoms with Crippen LogP contribution in [0.1, 0.15) is 23.6 Å². The minimum atomic E-state index is 0.761. The predicted octanol–water partition coefficient (Wildman–Crippen LogP) is 5.07. The molecular formula is C20H23N3. The molecule has 0 radical (unpaired) electrons. The molecule has 0 atom stereocenters. The second-order valence-electron chi connectivity index (χ2n) is 5.56. The molecule has 118 valence electrons. The fourth-order valence-electron chi connectivity index (χ4n) is 2.42. The average molecular weight is 305 g/mol. The highest BCUT2D eigenvalue weighted by atomic mass is 14.9. The molecule has 0 aliphatic heterocycles. The van der Waals surface area contributed by atoms with E-state index in [1.165, 1.54) is 5.56 Å². The molecule has 2 rings (SSSR count). The fraction of sp³-hybridized carbons (Fsp3) is 0.150. The van der Waals surface area contributed by atoms with Gasteiger partial charge < -0.3 is 11.1 Å². The zero-order chi connectivity index (χ0) is 17.0. The van der Waals surface area contributed by atoms with Gasteiger partial charge >= 0.3 is 0 Å². The number of nitrogen functional groups attached to an aromatic ring is 1. The Morgan fingerprint density at radius 3 is 2.61 bits per heavy atom. The molecule has 0 amide bonds. The topological polar surface area (TPSA) is 50.4 Å². The van der Waals surface area contributed by atoms with E-state index in [4.69, 9.17) is 5.73 Å². The van der Waals surface area contributed by atoms with Gasteiger partial charge in [0.05, 0.1) is 11.4 Å². The molecule has 0 saturated carbocycles. The van der Waals surface area contributed by atoms with E-state index in [9.17, 15) is 0 Å². The summed E-state index contributed by atoms with van der Waals surface area (Å²) in [6.07, 6.45) is 2.11. The highest BCUT2D eigenvalue weighted by molar-refractivity contribution is 5.85. The van der Waals surface area contributed by atoms with Crippen molar-refractivity contribution in [2.45, 2.75) is 13.8 Å². The Labute approximate surface area is 138 Å². The molecule has 23 heavy (non-hydrogen) atoms. The first-order chi connectivity index (χ1) is 11.0. The summed E-state index contributed by atoms with van der Waals surface area (Å²) in [7, 11) is 1.87. The smallest absolute Gasteiger partial charge is 0.0859 e. The van der Waals surface area contributed by atoms with Gasteiger partial charge in [-0.2, -0.15) is 0 Å². The van der Waals surface area contributed by atoms with Gasteiger partial charge in [0, 0.05) is 12.7 Å². The van der Waals surface area contributed by atoms with Crippen molar-refractivity contribution < 1.29 is 0 Å². The Kier molecular flexibility index (Phi) is 5.02. The number of benzene rings is 2. The van der Waals surface area contributed by atoms with Gasteiger partial charge in [-0.3, -0.25) is 4.99 Å². The van der Waals surface area contributed by atoms with Crippen molar-refractivity contribution in [3.8, 4) is 0 Å². The number of rotatable bonds is 5. The van der Waals surface area contributed by atoms with Crippen molar-refractivity contribution in [2.75, 3.05) is 18.1 Å². The van der Waals surface area contributed by atoms with E-state index >= 15 is 0 Å². The Hall–Kier alpha value is -2.81. The third kappa shape index (κ3) is 3.69. The number of aryl methyl sites for hydroxylation is 1. The molecule has 0 aromatic heterocycles. The quantitative estimate of drug-likeness (QED) is 0.460. The van der Waals surface area contributed by atoms with Crippen LogP contribution in [-0.4, -0.2) is 13.8 Å². The summed E-state index contributed by atoms with van der Waals surface area (Å²) in [6, 6.07) is 11.9. The molecule has 0 spiro atoms. The second-order valence-corrected chi connectivity index (χ2v) is 5.56. The summed E-state index contributed by atoms with van der Waals surface area (Å²) >= 11 is 0. The van der Waals surface area contributed by atoms with Gasteiger partial charge in [-0.15, -0.1) is 0 Å². The van der Waals surface area contributed by atoms with Crippen LogP contribution in [0.5, 0.6) is 0 Å². The summed E-state index contributed by atoms with van der Waals surface area (Å²) in [5.41, 5.74) is 13.8. The summed E-state index contributed by atoms with van der Waals surface area (Å²) in [5.74, 6) is 0. The number of allylic oxidation sites excluding steroid dienone is 2.